The van der Waals surface area contributed by atoms with Crippen molar-refractivity contribution < 1.29 is 24.0 Å². The summed E-state index contributed by atoms with van der Waals surface area (Å²) in [5.41, 5.74) is -1.19. The molecule has 8 heteroatoms. The SMILES string of the molecule is O=C(O)c1cc([N+](=O)[O-])c(NCC2CCCOC2)cc1F. The van der Waals surface area contributed by atoms with Gasteiger partial charge in [0.05, 0.1) is 11.5 Å². The van der Waals surface area contributed by atoms with Crippen molar-refractivity contribution in [3.8, 4) is 0 Å². The molecule has 0 bridgehead atoms. The lowest BCUT2D eigenvalue weighted by Crippen LogP contribution is -2.24. The fraction of sp³-hybridized carbons (Fsp3) is 0.462. The molecule has 0 radical (unpaired) electrons. The molecule has 1 unspecified atom stereocenters. The van der Waals surface area contributed by atoms with Gasteiger partial charge in [-0.05, 0) is 18.8 Å². The molecule has 0 aliphatic carbocycles. The van der Waals surface area contributed by atoms with Gasteiger partial charge in [0.2, 0.25) is 0 Å². The molecule has 7 nitrogen and oxygen atoms in total. The van der Waals surface area contributed by atoms with E-state index < -0.39 is 28.0 Å². The van der Waals surface area contributed by atoms with E-state index in [4.69, 9.17) is 9.84 Å². The van der Waals surface area contributed by atoms with Crippen LogP contribution in [0.25, 0.3) is 0 Å². The standard InChI is InChI=1S/C13H15FN2O5/c14-10-5-11(15-6-8-2-1-3-21-7-8)12(16(19)20)4-9(10)13(17)18/h4-5,8,15H,1-3,6-7H2,(H,17,18). The van der Waals surface area contributed by atoms with Crippen LogP contribution in [0.2, 0.25) is 0 Å². The van der Waals surface area contributed by atoms with Gasteiger partial charge in [-0.3, -0.25) is 10.1 Å². The Morgan fingerprint density at radius 3 is 2.90 bits per heavy atom. The molecule has 0 aromatic heterocycles. The Labute approximate surface area is 119 Å². The molecule has 1 heterocycles. The number of hydrogen-bond donors (Lipinski definition) is 2. The highest BCUT2D eigenvalue weighted by Crippen LogP contribution is 2.28. The minimum absolute atomic E-state index is 0.0203. The largest absolute Gasteiger partial charge is 0.478 e. The van der Waals surface area contributed by atoms with Crippen molar-refractivity contribution in [1.29, 1.82) is 0 Å². The predicted octanol–water partition coefficient (Wildman–Crippen LogP) is 2.27. The molecular formula is C13H15FN2O5. The van der Waals surface area contributed by atoms with Crippen molar-refractivity contribution in [2.75, 3.05) is 25.1 Å². The van der Waals surface area contributed by atoms with E-state index in [-0.39, 0.29) is 11.6 Å². The molecule has 1 fully saturated rings. The van der Waals surface area contributed by atoms with Crippen molar-refractivity contribution >= 4 is 17.3 Å². The van der Waals surface area contributed by atoms with E-state index in [2.05, 4.69) is 5.32 Å². The second-order valence-corrected chi connectivity index (χ2v) is 4.88. The summed E-state index contributed by atoms with van der Waals surface area (Å²) in [6.07, 6.45) is 1.84. The second-order valence-electron chi connectivity index (χ2n) is 4.88. The highest BCUT2D eigenvalue weighted by Gasteiger charge is 2.23. The number of hydrogen-bond acceptors (Lipinski definition) is 5. The average Bonchev–Trinajstić information content (AvgIpc) is 2.45. The molecule has 1 aliphatic heterocycles. The van der Waals surface area contributed by atoms with Gasteiger partial charge in [-0.1, -0.05) is 0 Å². The number of anilines is 1. The van der Waals surface area contributed by atoms with E-state index in [1.807, 2.05) is 0 Å². The van der Waals surface area contributed by atoms with Crippen LogP contribution in [0.1, 0.15) is 23.2 Å². The first-order valence-electron chi connectivity index (χ1n) is 6.52. The van der Waals surface area contributed by atoms with Gasteiger partial charge >= 0.3 is 5.97 Å². The maximum absolute atomic E-state index is 13.6. The lowest BCUT2D eigenvalue weighted by atomic mass is 10.0. The zero-order chi connectivity index (χ0) is 15.4. The van der Waals surface area contributed by atoms with Gasteiger partial charge in [-0.2, -0.15) is 0 Å². The number of carboxylic acids is 1. The van der Waals surface area contributed by atoms with Crippen molar-refractivity contribution in [3.05, 3.63) is 33.6 Å². The van der Waals surface area contributed by atoms with Gasteiger partial charge in [0, 0.05) is 25.3 Å². The number of carbonyl (C=O) groups is 1. The molecular weight excluding hydrogens is 283 g/mol. The van der Waals surface area contributed by atoms with Gasteiger partial charge < -0.3 is 15.2 Å². The summed E-state index contributed by atoms with van der Waals surface area (Å²) in [7, 11) is 0. The maximum atomic E-state index is 13.6. The highest BCUT2D eigenvalue weighted by molar-refractivity contribution is 5.90. The minimum Gasteiger partial charge on any atom is -0.478 e. The first kappa shape index (κ1) is 15.2. The predicted molar refractivity (Wildman–Crippen MR) is 72.0 cm³/mol. The third-order valence-corrected chi connectivity index (χ3v) is 3.35. The molecule has 1 aromatic rings. The summed E-state index contributed by atoms with van der Waals surface area (Å²) in [6, 6.07) is 1.59. The molecule has 0 saturated carbocycles. The molecule has 2 rings (SSSR count). The van der Waals surface area contributed by atoms with E-state index in [1.54, 1.807) is 0 Å². The number of benzene rings is 1. The van der Waals surface area contributed by atoms with Crippen molar-refractivity contribution in [2.24, 2.45) is 5.92 Å². The summed E-state index contributed by atoms with van der Waals surface area (Å²) in [5, 5.41) is 22.6. The first-order chi connectivity index (χ1) is 9.99. The molecule has 114 valence electrons. The minimum atomic E-state index is -1.54. The van der Waals surface area contributed by atoms with Gasteiger partial charge in [-0.15, -0.1) is 0 Å². The Hall–Kier alpha value is -2.22. The van der Waals surface area contributed by atoms with Crippen LogP contribution in [0.5, 0.6) is 0 Å². The molecule has 0 amide bonds. The van der Waals surface area contributed by atoms with Crippen LogP contribution < -0.4 is 5.32 Å². The molecule has 1 atom stereocenters. The Morgan fingerprint density at radius 2 is 2.33 bits per heavy atom. The quantitative estimate of drug-likeness (QED) is 0.638. The smallest absolute Gasteiger partial charge is 0.338 e. The fourth-order valence-electron chi connectivity index (χ4n) is 2.24. The van der Waals surface area contributed by atoms with Gasteiger partial charge in [0.1, 0.15) is 17.1 Å². The molecule has 0 spiro atoms. The highest BCUT2D eigenvalue weighted by atomic mass is 19.1. The summed E-state index contributed by atoms with van der Waals surface area (Å²) >= 11 is 0. The number of ether oxygens (including phenoxy) is 1. The number of nitro groups is 1. The van der Waals surface area contributed by atoms with E-state index in [0.717, 1.165) is 25.0 Å². The molecule has 21 heavy (non-hydrogen) atoms. The Balaban J connectivity index is 2.19. The van der Waals surface area contributed by atoms with Crippen LogP contribution >= 0.6 is 0 Å². The monoisotopic (exact) mass is 298 g/mol. The van der Waals surface area contributed by atoms with E-state index in [9.17, 15) is 19.3 Å². The molecule has 1 aliphatic rings. The summed E-state index contributed by atoms with van der Waals surface area (Å²) < 4.78 is 18.9. The van der Waals surface area contributed by atoms with Crippen molar-refractivity contribution in [2.45, 2.75) is 12.8 Å². The Bertz CT molecular complexity index is 558. The average molecular weight is 298 g/mol. The lowest BCUT2D eigenvalue weighted by Gasteiger charge is -2.22. The van der Waals surface area contributed by atoms with Crippen molar-refractivity contribution in [1.82, 2.24) is 0 Å². The van der Waals surface area contributed by atoms with Crippen LogP contribution in [0.3, 0.4) is 0 Å². The van der Waals surface area contributed by atoms with Crippen LogP contribution in [0, 0.1) is 21.8 Å². The van der Waals surface area contributed by atoms with Gasteiger partial charge in [0.15, 0.2) is 0 Å². The molecule has 1 saturated heterocycles. The number of rotatable bonds is 5. The van der Waals surface area contributed by atoms with Gasteiger partial charge in [0.25, 0.3) is 5.69 Å². The van der Waals surface area contributed by atoms with Gasteiger partial charge in [-0.25, -0.2) is 9.18 Å². The maximum Gasteiger partial charge on any atom is 0.338 e. The van der Waals surface area contributed by atoms with E-state index in [0.29, 0.717) is 19.8 Å². The Kier molecular flexibility index (Phi) is 4.69. The van der Waals surface area contributed by atoms with Crippen LogP contribution in [0.15, 0.2) is 12.1 Å². The third-order valence-electron chi connectivity index (χ3n) is 3.35. The number of halogens is 1. The third kappa shape index (κ3) is 3.66. The molecule has 2 N–H and O–H groups in total. The van der Waals surface area contributed by atoms with Crippen molar-refractivity contribution in [3.63, 3.8) is 0 Å². The molecule has 1 aromatic carbocycles. The van der Waals surface area contributed by atoms with Crippen LogP contribution in [-0.2, 0) is 4.74 Å². The summed E-state index contributed by atoms with van der Waals surface area (Å²) in [4.78, 5) is 21.1. The number of nitro benzene ring substituents is 1. The number of nitrogens with zero attached hydrogens (tertiary/aromatic N) is 1. The zero-order valence-electron chi connectivity index (χ0n) is 11.2. The van der Waals surface area contributed by atoms with Crippen LogP contribution in [0.4, 0.5) is 15.8 Å². The number of carboxylic acid groups (broad SMARTS) is 1. The lowest BCUT2D eigenvalue weighted by molar-refractivity contribution is -0.384. The first-order valence-corrected chi connectivity index (χ1v) is 6.52. The topological polar surface area (TPSA) is 102 Å². The number of aromatic carboxylic acids is 1. The van der Waals surface area contributed by atoms with E-state index in [1.165, 1.54) is 0 Å². The number of nitrogens with one attached hydrogen (secondary N) is 1. The fourth-order valence-corrected chi connectivity index (χ4v) is 2.24. The van der Waals surface area contributed by atoms with E-state index >= 15 is 0 Å². The van der Waals surface area contributed by atoms with Crippen LogP contribution in [-0.4, -0.2) is 35.8 Å². The Morgan fingerprint density at radius 1 is 1.57 bits per heavy atom. The normalized spacial score (nSPS) is 18.2. The zero-order valence-corrected chi connectivity index (χ0v) is 11.2. The summed E-state index contributed by atoms with van der Waals surface area (Å²) in [6.45, 7) is 1.67. The second kappa shape index (κ2) is 6.49. The summed E-state index contributed by atoms with van der Waals surface area (Å²) in [5.74, 6) is -2.35.